The van der Waals surface area contributed by atoms with Gasteiger partial charge in [-0.05, 0) is 36.1 Å². The van der Waals surface area contributed by atoms with Crippen LogP contribution in [0.4, 0.5) is 8.78 Å². The van der Waals surface area contributed by atoms with E-state index in [2.05, 4.69) is 33.1 Å². The molecule has 0 aliphatic rings. The molecule has 0 aliphatic carbocycles. The second-order valence-electron chi connectivity index (χ2n) is 6.99. The fourth-order valence-corrected chi connectivity index (χ4v) is 3.40. The van der Waals surface area contributed by atoms with Gasteiger partial charge >= 0.3 is 0 Å². The lowest BCUT2D eigenvalue weighted by Gasteiger charge is -2.07. The smallest absolute Gasteiger partial charge is 0.220 e. The van der Waals surface area contributed by atoms with E-state index < -0.39 is 11.6 Å². The largest absolute Gasteiger partial charge is 0.441 e. The van der Waals surface area contributed by atoms with Crippen LogP contribution < -0.4 is 5.32 Å². The van der Waals surface area contributed by atoms with Crippen molar-refractivity contribution in [3.8, 4) is 11.3 Å². The molecule has 0 unspecified atom stereocenters. The Morgan fingerprint density at radius 1 is 1.07 bits per heavy atom. The van der Waals surface area contributed by atoms with Crippen LogP contribution >= 0.6 is 0 Å². The average Bonchev–Trinajstić information content (AvgIpc) is 3.37. The number of halogens is 2. The summed E-state index contributed by atoms with van der Waals surface area (Å²) in [5, 5.41) is 4.07. The first-order valence-electron chi connectivity index (χ1n) is 9.81. The number of amides is 1. The van der Waals surface area contributed by atoms with Crippen molar-refractivity contribution >= 4 is 16.8 Å². The average molecular weight is 409 g/mol. The highest BCUT2D eigenvalue weighted by molar-refractivity contribution is 5.80. The Bertz CT molecular complexity index is 1150. The van der Waals surface area contributed by atoms with Gasteiger partial charge < -0.3 is 14.3 Å². The number of hydrogen-bond donors (Lipinski definition) is 1. The Balaban J connectivity index is 1.23. The van der Waals surface area contributed by atoms with Crippen LogP contribution in [0, 0.1) is 11.6 Å². The zero-order chi connectivity index (χ0) is 20.9. The molecule has 0 atom stereocenters. The third kappa shape index (κ3) is 4.40. The summed E-state index contributed by atoms with van der Waals surface area (Å²) in [5.74, 6) is -1.28. The number of aryl methyl sites for hydroxylation is 2. The van der Waals surface area contributed by atoms with Crippen LogP contribution in [0.5, 0.6) is 0 Å². The van der Waals surface area contributed by atoms with Gasteiger partial charge in [-0.3, -0.25) is 4.79 Å². The second kappa shape index (κ2) is 8.90. The lowest BCUT2D eigenvalue weighted by atomic mass is 10.1. The van der Waals surface area contributed by atoms with Crippen LogP contribution in [0.2, 0.25) is 0 Å². The van der Waals surface area contributed by atoms with Gasteiger partial charge in [-0.25, -0.2) is 13.8 Å². The number of nitrogens with zero attached hydrogens (tertiary/aromatic N) is 2. The van der Waals surface area contributed by atoms with Gasteiger partial charge in [-0.1, -0.05) is 24.3 Å². The van der Waals surface area contributed by atoms with Crippen LogP contribution in [0.25, 0.3) is 22.2 Å². The number of hydrogen-bond acceptors (Lipinski definition) is 3. The van der Waals surface area contributed by atoms with Crippen molar-refractivity contribution in [1.82, 2.24) is 14.9 Å². The molecule has 2 aromatic heterocycles. The maximum atomic E-state index is 13.8. The minimum absolute atomic E-state index is 0.0138. The van der Waals surface area contributed by atoms with E-state index in [1.54, 1.807) is 0 Å². The molecule has 5 nitrogen and oxygen atoms in total. The van der Waals surface area contributed by atoms with Crippen LogP contribution in [-0.4, -0.2) is 22.0 Å². The summed E-state index contributed by atoms with van der Waals surface area (Å²) in [4.78, 5) is 16.1. The first-order chi connectivity index (χ1) is 14.6. The molecule has 7 heteroatoms. The molecule has 0 spiro atoms. The highest BCUT2D eigenvalue weighted by Crippen LogP contribution is 2.26. The normalized spacial score (nSPS) is 11.1. The number of para-hydroxylation sites is 1. The molecule has 1 N–H and O–H groups in total. The maximum absolute atomic E-state index is 13.8. The molecular weight excluding hydrogens is 388 g/mol. The van der Waals surface area contributed by atoms with Gasteiger partial charge in [-0.15, -0.1) is 0 Å². The van der Waals surface area contributed by atoms with Gasteiger partial charge in [0.15, 0.2) is 11.7 Å². The fourth-order valence-electron chi connectivity index (χ4n) is 3.40. The molecule has 1 amide bonds. The molecule has 0 saturated carbocycles. The molecule has 4 rings (SSSR count). The highest BCUT2D eigenvalue weighted by atomic mass is 19.1. The van der Waals surface area contributed by atoms with Crippen molar-refractivity contribution < 1.29 is 18.0 Å². The van der Waals surface area contributed by atoms with Crippen molar-refractivity contribution in [3.05, 3.63) is 78.4 Å². The summed E-state index contributed by atoms with van der Waals surface area (Å²) >= 11 is 0. The van der Waals surface area contributed by atoms with Crippen molar-refractivity contribution in [3.63, 3.8) is 0 Å². The zero-order valence-electron chi connectivity index (χ0n) is 16.3. The Morgan fingerprint density at radius 2 is 1.87 bits per heavy atom. The Morgan fingerprint density at radius 3 is 2.70 bits per heavy atom. The number of fused-ring (bicyclic) bond motifs is 1. The number of carbonyl (C=O) groups is 1. The number of oxazole rings is 1. The summed E-state index contributed by atoms with van der Waals surface area (Å²) in [5.41, 5.74) is 0.924. The van der Waals surface area contributed by atoms with Crippen LogP contribution in [0.3, 0.4) is 0 Å². The molecule has 2 aromatic carbocycles. The van der Waals surface area contributed by atoms with Crippen molar-refractivity contribution in [1.29, 1.82) is 0 Å². The van der Waals surface area contributed by atoms with Crippen molar-refractivity contribution in [2.45, 2.75) is 25.8 Å². The lowest BCUT2D eigenvalue weighted by Crippen LogP contribution is -2.25. The van der Waals surface area contributed by atoms with E-state index in [0.717, 1.165) is 25.1 Å². The number of nitrogens with one attached hydrogen (secondary N) is 1. The molecule has 154 valence electrons. The summed E-state index contributed by atoms with van der Waals surface area (Å²) in [7, 11) is 0. The van der Waals surface area contributed by atoms with E-state index in [4.69, 9.17) is 4.42 Å². The van der Waals surface area contributed by atoms with Gasteiger partial charge in [0.1, 0.15) is 11.6 Å². The quantitative estimate of drug-likeness (QED) is 0.429. The molecule has 0 saturated heterocycles. The predicted molar refractivity (Wildman–Crippen MR) is 110 cm³/mol. The van der Waals surface area contributed by atoms with E-state index in [0.29, 0.717) is 6.54 Å². The van der Waals surface area contributed by atoms with Crippen molar-refractivity contribution in [2.24, 2.45) is 0 Å². The van der Waals surface area contributed by atoms with E-state index in [9.17, 15) is 13.6 Å². The summed E-state index contributed by atoms with van der Waals surface area (Å²) in [6, 6.07) is 13.8. The SMILES string of the molecule is O=C(CCc1ncc(-c2c(F)cccc2F)o1)NCCCn1ccc2ccccc21. The minimum atomic E-state index is -0.717. The second-order valence-corrected chi connectivity index (χ2v) is 6.99. The van der Waals surface area contributed by atoms with E-state index >= 15 is 0 Å². The Kier molecular flexibility index (Phi) is 5.88. The molecule has 4 aromatic rings. The maximum Gasteiger partial charge on any atom is 0.220 e. The van der Waals surface area contributed by atoms with Gasteiger partial charge in [0.05, 0.1) is 11.8 Å². The van der Waals surface area contributed by atoms with Crippen LogP contribution in [0.15, 0.2) is 65.3 Å². The molecule has 2 heterocycles. The standard InChI is InChI=1S/C23H21F2N3O2/c24-17-6-3-7-18(25)23(17)20-15-27-22(30-20)10-9-21(29)26-12-4-13-28-14-11-16-5-1-2-8-19(16)28/h1-3,5-8,11,14-15H,4,9-10,12-13H2,(H,26,29). The molecule has 30 heavy (non-hydrogen) atoms. The molecule has 0 fully saturated rings. The van der Waals surface area contributed by atoms with Crippen LogP contribution in [-0.2, 0) is 17.8 Å². The van der Waals surface area contributed by atoms with Gasteiger partial charge in [-0.2, -0.15) is 0 Å². The van der Waals surface area contributed by atoms with Gasteiger partial charge in [0, 0.05) is 37.6 Å². The van der Waals surface area contributed by atoms with Gasteiger partial charge in [0.25, 0.3) is 0 Å². The molecule has 0 aliphatic heterocycles. The first-order valence-corrected chi connectivity index (χ1v) is 9.81. The minimum Gasteiger partial charge on any atom is -0.441 e. The monoisotopic (exact) mass is 409 g/mol. The third-order valence-electron chi connectivity index (χ3n) is 4.91. The zero-order valence-corrected chi connectivity index (χ0v) is 16.3. The third-order valence-corrected chi connectivity index (χ3v) is 4.91. The predicted octanol–water partition coefficient (Wildman–Crippen LogP) is 4.71. The lowest BCUT2D eigenvalue weighted by molar-refractivity contribution is -0.121. The topological polar surface area (TPSA) is 60.1 Å². The summed E-state index contributed by atoms with van der Waals surface area (Å²) in [6.07, 6.45) is 4.57. The van der Waals surface area contributed by atoms with E-state index in [1.807, 2.05) is 18.3 Å². The van der Waals surface area contributed by atoms with E-state index in [-0.39, 0.29) is 36.0 Å². The van der Waals surface area contributed by atoms with Crippen LogP contribution in [0.1, 0.15) is 18.7 Å². The number of rotatable bonds is 8. The highest BCUT2D eigenvalue weighted by Gasteiger charge is 2.16. The Labute approximate surface area is 172 Å². The Hall–Kier alpha value is -3.48. The molecule has 0 bridgehead atoms. The fraction of sp³-hybridized carbons (Fsp3) is 0.217. The molecular formula is C23H21F2N3O2. The summed E-state index contributed by atoms with van der Waals surface area (Å²) < 4.78 is 35.2. The van der Waals surface area contributed by atoms with E-state index in [1.165, 1.54) is 23.2 Å². The van der Waals surface area contributed by atoms with Gasteiger partial charge in [0.2, 0.25) is 5.91 Å². The molecule has 0 radical (unpaired) electrons. The number of aromatic nitrogens is 2. The van der Waals surface area contributed by atoms with Crippen molar-refractivity contribution in [2.75, 3.05) is 6.54 Å². The first kappa shape index (κ1) is 19.8. The number of carbonyl (C=O) groups excluding carboxylic acids is 1. The summed E-state index contributed by atoms with van der Waals surface area (Å²) in [6.45, 7) is 1.37. The number of benzene rings is 2.